The van der Waals surface area contributed by atoms with Gasteiger partial charge in [-0.25, -0.2) is 4.79 Å². The Hall–Kier alpha value is -1.48. The minimum atomic E-state index is -1.02. The number of phenolic OH excluding ortho intramolecular Hbond substituents is 1. The molecule has 0 spiro atoms. The smallest absolute Gasteiger partial charge is 0.331 e. The molecule has 0 aliphatic rings. The number of phenols is 1. The molecule has 0 radical (unpaired) electrons. The van der Waals surface area contributed by atoms with Gasteiger partial charge in [-0.05, 0) is 37.6 Å². The van der Waals surface area contributed by atoms with Crippen molar-refractivity contribution in [3.05, 3.63) is 33.9 Å². The fraction of sp³-hybridized carbons (Fsp3) is 0.182. The number of halogens is 1. The van der Waals surface area contributed by atoms with Crippen LogP contribution in [-0.2, 0) is 4.79 Å². The number of hydrogen-bond donors (Lipinski definition) is 2. The molecule has 0 heterocycles. The van der Waals surface area contributed by atoms with Gasteiger partial charge in [0.05, 0.1) is 0 Å². The van der Waals surface area contributed by atoms with E-state index in [1.165, 1.54) is 19.1 Å². The summed E-state index contributed by atoms with van der Waals surface area (Å²) < 4.78 is 0. The van der Waals surface area contributed by atoms with Gasteiger partial charge in [-0.1, -0.05) is 11.6 Å². The molecule has 0 saturated carbocycles. The van der Waals surface area contributed by atoms with Crippen molar-refractivity contribution in [3.63, 3.8) is 0 Å². The van der Waals surface area contributed by atoms with E-state index in [4.69, 9.17) is 16.7 Å². The Labute approximate surface area is 92.6 Å². The van der Waals surface area contributed by atoms with Crippen molar-refractivity contribution < 1.29 is 15.0 Å². The number of rotatable bonds is 2. The van der Waals surface area contributed by atoms with Crippen LogP contribution in [0.2, 0.25) is 5.02 Å². The lowest BCUT2D eigenvalue weighted by Gasteiger charge is -2.04. The first kappa shape index (κ1) is 11.6. The molecule has 2 N–H and O–H groups in total. The number of aromatic hydroxyl groups is 1. The highest BCUT2D eigenvalue weighted by molar-refractivity contribution is 6.31. The van der Waals surface area contributed by atoms with Crippen molar-refractivity contribution in [2.75, 3.05) is 0 Å². The SMILES string of the molecule is C/C(=C\c1cc(Cl)c(C)cc1O)C(=O)O. The van der Waals surface area contributed by atoms with Crippen LogP contribution in [0.1, 0.15) is 18.1 Å². The first-order valence-corrected chi connectivity index (χ1v) is 4.70. The van der Waals surface area contributed by atoms with Gasteiger partial charge in [-0.3, -0.25) is 0 Å². The van der Waals surface area contributed by atoms with Gasteiger partial charge < -0.3 is 10.2 Å². The predicted octanol–water partition coefficient (Wildman–Crippen LogP) is 2.84. The van der Waals surface area contributed by atoms with E-state index in [-0.39, 0.29) is 11.3 Å². The van der Waals surface area contributed by atoms with Gasteiger partial charge in [0.2, 0.25) is 0 Å². The monoisotopic (exact) mass is 226 g/mol. The van der Waals surface area contributed by atoms with Crippen LogP contribution in [0.4, 0.5) is 0 Å². The summed E-state index contributed by atoms with van der Waals surface area (Å²) in [6.07, 6.45) is 1.38. The molecular weight excluding hydrogens is 216 g/mol. The highest BCUT2D eigenvalue weighted by atomic mass is 35.5. The molecule has 1 rings (SSSR count). The maximum absolute atomic E-state index is 10.6. The summed E-state index contributed by atoms with van der Waals surface area (Å²) >= 11 is 5.86. The Balaban J connectivity index is 3.22. The minimum absolute atomic E-state index is 0.0255. The van der Waals surface area contributed by atoms with Crippen molar-refractivity contribution in [2.45, 2.75) is 13.8 Å². The van der Waals surface area contributed by atoms with Crippen LogP contribution in [0.15, 0.2) is 17.7 Å². The van der Waals surface area contributed by atoms with Crippen LogP contribution in [-0.4, -0.2) is 16.2 Å². The van der Waals surface area contributed by atoms with Crippen molar-refractivity contribution in [1.29, 1.82) is 0 Å². The second-order valence-electron chi connectivity index (χ2n) is 3.29. The molecule has 0 unspecified atom stereocenters. The largest absolute Gasteiger partial charge is 0.507 e. The number of carbonyl (C=O) groups is 1. The number of carboxylic acids is 1. The van der Waals surface area contributed by atoms with Crippen molar-refractivity contribution in [2.24, 2.45) is 0 Å². The first-order chi connectivity index (χ1) is 6.91. The lowest BCUT2D eigenvalue weighted by molar-refractivity contribution is -0.132. The Morgan fingerprint density at radius 1 is 1.47 bits per heavy atom. The highest BCUT2D eigenvalue weighted by Gasteiger charge is 2.06. The van der Waals surface area contributed by atoms with Crippen LogP contribution in [0, 0.1) is 6.92 Å². The molecule has 1 aromatic carbocycles. The number of benzene rings is 1. The Morgan fingerprint density at radius 3 is 2.60 bits per heavy atom. The molecule has 0 atom stereocenters. The van der Waals surface area contributed by atoms with Gasteiger partial charge in [0.1, 0.15) is 5.75 Å². The molecule has 0 aliphatic heterocycles. The molecule has 1 aromatic rings. The molecule has 80 valence electrons. The van der Waals surface area contributed by atoms with Gasteiger partial charge >= 0.3 is 5.97 Å². The summed E-state index contributed by atoms with van der Waals surface area (Å²) in [6, 6.07) is 3.04. The normalized spacial score (nSPS) is 11.5. The summed E-state index contributed by atoms with van der Waals surface area (Å²) in [5.41, 5.74) is 1.30. The number of aryl methyl sites for hydroxylation is 1. The third-order valence-electron chi connectivity index (χ3n) is 2.02. The van der Waals surface area contributed by atoms with E-state index in [0.717, 1.165) is 5.56 Å². The first-order valence-electron chi connectivity index (χ1n) is 4.32. The van der Waals surface area contributed by atoms with Gasteiger partial charge in [0.25, 0.3) is 0 Å². The Morgan fingerprint density at radius 2 is 2.07 bits per heavy atom. The standard InChI is InChI=1S/C11H11ClO3/c1-6-4-10(13)8(5-9(6)12)3-7(2)11(14)15/h3-5,13H,1-2H3,(H,14,15)/b7-3+. The van der Waals surface area contributed by atoms with Gasteiger partial charge in [0, 0.05) is 16.2 Å². The number of hydrogen-bond acceptors (Lipinski definition) is 2. The Kier molecular flexibility index (Phi) is 3.37. The van der Waals surface area contributed by atoms with E-state index >= 15 is 0 Å². The molecule has 4 heteroatoms. The molecule has 0 aromatic heterocycles. The van der Waals surface area contributed by atoms with Crippen LogP contribution in [0.5, 0.6) is 5.75 Å². The van der Waals surface area contributed by atoms with E-state index in [2.05, 4.69) is 0 Å². The zero-order valence-corrected chi connectivity index (χ0v) is 9.17. The van der Waals surface area contributed by atoms with E-state index in [1.54, 1.807) is 13.0 Å². The average molecular weight is 227 g/mol. The van der Waals surface area contributed by atoms with E-state index < -0.39 is 5.97 Å². The average Bonchev–Trinajstić information content (AvgIpc) is 2.13. The fourth-order valence-corrected chi connectivity index (χ4v) is 1.26. The third-order valence-corrected chi connectivity index (χ3v) is 2.42. The third kappa shape index (κ3) is 2.73. The molecule has 0 bridgehead atoms. The zero-order valence-electron chi connectivity index (χ0n) is 8.41. The van der Waals surface area contributed by atoms with E-state index in [1.807, 2.05) is 0 Å². The summed E-state index contributed by atoms with van der Waals surface area (Å²) in [4.78, 5) is 10.6. The molecule has 0 saturated heterocycles. The van der Waals surface area contributed by atoms with Crippen molar-refractivity contribution >= 4 is 23.6 Å². The summed E-state index contributed by atoms with van der Waals surface area (Å²) in [5, 5.41) is 18.7. The van der Waals surface area contributed by atoms with Crippen LogP contribution < -0.4 is 0 Å². The molecule has 0 amide bonds. The maximum Gasteiger partial charge on any atom is 0.331 e. The van der Waals surface area contributed by atoms with Gasteiger partial charge in [0.15, 0.2) is 0 Å². The lowest BCUT2D eigenvalue weighted by Crippen LogP contribution is -1.95. The fourth-order valence-electron chi connectivity index (χ4n) is 1.09. The maximum atomic E-state index is 10.6. The molecule has 0 aliphatic carbocycles. The number of carboxylic acid groups (broad SMARTS) is 1. The van der Waals surface area contributed by atoms with Crippen molar-refractivity contribution in [3.8, 4) is 5.75 Å². The van der Waals surface area contributed by atoms with Crippen molar-refractivity contribution in [1.82, 2.24) is 0 Å². The van der Waals surface area contributed by atoms with E-state index in [9.17, 15) is 9.90 Å². The van der Waals surface area contributed by atoms with Crippen LogP contribution in [0.25, 0.3) is 6.08 Å². The lowest BCUT2D eigenvalue weighted by atomic mass is 10.1. The summed E-state index contributed by atoms with van der Waals surface area (Å²) in [5.74, 6) is -0.997. The highest BCUT2D eigenvalue weighted by Crippen LogP contribution is 2.27. The summed E-state index contributed by atoms with van der Waals surface area (Å²) in [6.45, 7) is 3.22. The number of aliphatic carboxylic acids is 1. The second-order valence-corrected chi connectivity index (χ2v) is 3.70. The minimum Gasteiger partial charge on any atom is -0.507 e. The van der Waals surface area contributed by atoms with Crippen LogP contribution >= 0.6 is 11.6 Å². The Bertz CT molecular complexity index is 436. The van der Waals surface area contributed by atoms with Crippen LogP contribution in [0.3, 0.4) is 0 Å². The quantitative estimate of drug-likeness (QED) is 0.763. The molecule has 15 heavy (non-hydrogen) atoms. The second kappa shape index (κ2) is 4.36. The molecule has 0 fully saturated rings. The zero-order chi connectivity index (χ0) is 11.6. The van der Waals surface area contributed by atoms with Gasteiger partial charge in [-0.15, -0.1) is 0 Å². The van der Waals surface area contributed by atoms with Gasteiger partial charge in [-0.2, -0.15) is 0 Å². The molecular formula is C11H11ClO3. The predicted molar refractivity (Wildman–Crippen MR) is 59.1 cm³/mol. The molecule has 3 nitrogen and oxygen atoms in total. The summed E-state index contributed by atoms with van der Waals surface area (Å²) in [7, 11) is 0. The van der Waals surface area contributed by atoms with E-state index in [0.29, 0.717) is 10.6 Å². The topological polar surface area (TPSA) is 57.5 Å².